The van der Waals surface area contributed by atoms with Crippen molar-refractivity contribution < 1.29 is 13.9 Å². The van der Waals surface area contributed by atoms with E-state index < -0.39 is 0 Å². The van der Waals surface area contributed by atoms with Crippen LogP contribution < -0.4 is 0 Å². The average molecular weight is 236 g/mol. The van der Waals surface area contributed by atoms with E-state index in [4.69, 9.17) is 0 Å². The minimum absolute atomic E-state index is 0.0687. The fourth-order valence-electron chi connectivity index (χ4n) is 1.22. The Morgan fingerprint density at radius 2 is 1.87 bits per heavy atom. The van der Waals surface area contributed by atoms with Gasteiger partial charge in [0, 0.05) is 0 Å². The molecule has 0 aromatic carbocycles. The number of ether oxygens (including phenoxy) is 1. The Bertz CT molecular complexity index is 165. The number of carbonyl (C=O) groups is 1. The van der Waals surface area contributed by atoms with E-state index in [1.54, 1.807) is 11.8 Å². The lowest BCUT2D eigenvalue weighted by atomic mass is 10.2. The summed E-state index contributed by atoms with van der Waals surface area (Å²) in [6, 6.07) is 0. The molecular weight excluding hydrogens is 215 g/mol. The molecule has 0 N–H and O–H groups in total. The molecule has 0 aliphatic rings. The van der Waals surface area contributed by atoms with E-state index in [0.29, 0.717) is 6.42 Å². The largest absolute Gasteiger partial charge is 0.468 e. The highest BCUT2D eigenvalue weighted by molar-refractivity contribution is 8.00. The van der Waals surface area contributed by atoms with Crippen LogP contribution >= 0.6 is 11.8 Å². The summed E-state index contributed by atoms with van der Waals surface area (Å²) in [5.74, 6) is 0.823. The van der Waals surface area contributed by atoms with Crippen molar-refractivity contribution >= 4 is 17.7 Å². The van der Waals surface area contributed by atoms with Crippen molar-refractivity contribution in [2.24, 2.45) is 0 Å². The van der Waals surface area contributed by atoms with Crippen molar-refractivity contribution in [2.75, 3.05) is 19.5 Å². The molecule has 0 heterocycles. The van der Waals surface area contributed by atoms with Gasteiger partial charge in [-0.2, -0.15) is 0 Å². The predicted octanol–water partition coefficient (Wildman–Crippen LogP) is 3.20. The van der Waals surface area contributed by atoms with Crippen LogP contribution in [0.25, 0.3) is 0 Å². The first-order valence-electron chi connectivity index (χ1n) is 5.47. The molecule has 0 aliphatic heterocycles. The minimum Gasteiger partial charge on any atom is -0.468 e. The van der Waals surface area contributed by atoms with E-state index in [1.807, 2.05) is 6.92 Å². The molecule has 15 heavy (non-hydrogen) atoms. The number of thioether (sulfide) groups is 1. The summed E-state index contributed by atoms with van der Waals surface area (Å²) in [6.45, 7) is 1.66. The van der Waals surface area contributed by atoms with Gasteiger partial charge >= 0.3 is 5.97 Å². The van der Waals surface area contributed by atoms with Gasteiger partial charge in [-0.15, -0.1) is 11.8 Å². The normalized spacial score (nSPS) is 12.5. The SMILES string of the molecule is COC(=O)C(C)SCCCCCCCF. The average Bonchev–Trinajstić information content (AvgIpc) is 2.26. The van der Waals surface area contributed by atoms with Crippen LogP contribution in [0.1, 0.15) is 39.0 Å². The Balaban J connectivity index is 3.20. The fraction of sp³-hybridized carbons (Fsp3) is 0.909. The third-order valence-corrected chi connectivity index (χ3v) is 3.40. The second-order valence-corrected chi connectivity index (χ2v) is 4.94. The third-order valence-electron chi connectivity index (χ3n) is 2.18. The molecule has 0 aromatic rings. The smallest absolute Gasteiger partial charge is 0.318 e. The molecule has 0 saturated carbocycles. The summed E-state index contributed by atoms with van der Waals surface area (Å²) in [6.07, 6.45) is 4.98. The molecular formula is C11H21FO2S. The molecule has 0 aliphatic carbocycles. The van der Waals surface area contributed by atoms with Gasteiger partial charge in [-0.05, 0) is 25.5 Å². The summed E-state index contributed by atoms with van der Waals surface area (Å²) >= 11 is 1.62. The zero-order valence-electron chi connectivity index (χ0n) is 9.63. The fourth-order valence-corrected chi connectivity index (χ4v) is 2.18. The molecule has 0 saturated heterocycles. The first-order valence-corrected chi connectivity index (χ1v) is 6.52. The van der Waals surface area contributed by atoms with E-state index in [9.17, 15) is 9.18 Å². The first kappa shape index (κ1) is 14.8. The van der Waals surface area contributed by atoms with Gasteiger partial charge < -0.3 is 4.74 Å². The summed E-state index contributed by atoms with van der Waals surface area (Å²) < 4.78 is 16.4. The predicted molar refractivity (Wildman–Crippen MR) is 63.0 cm³/mol. The van der Waals surface area contributed by atoms with Crippen molar-refractivity contribution in [3.8, 4) is 0 Å². The number of esters is 1. The van der Waals surface area contributed by atoms with E-state index in [1.165, 1.54) is 7.11 Å². The van der Waals surface area contributed by atoms with Crippen molar-refractivity contribution in [3.63, 3.8) is 0 Å². The Labute approximate surface area is 96.0 Å². The molecule has 2 nitrogen and oxygen atoms in total. The van der Waals surface area contributed by atoms with Gasteiger partial charge in [-0.3, -0.25) is 9.18 Å². The van der Waals surface area contributed by atoms with Gasteiger partial charge in [0.05, 0.1) is 19.0 Å². The van der Waals surface area contributed by atoms with Crippen LogP contribution in [0.4, 0.5) is 4.39 Å². The Hall–Kier alpha value is -0.250. The van der Waals surface area contributed by atoms with Crippen molar-refractivity contribution in [3.05, 3.63) is 0 Å². The summed E-state index contributed by atoms with van der Waals surface area (Å²) in [4.78, 5) is 11.0. The number of methoxy groups -OCH3 is 1. The second-order valence-electron chi connectivity index (χ2n) is 3.49. The third kappa shape index (κ3) is 8.73. The Morgan fingerprint density at radius 3 is 2.47 bits per heavy atom. The van der Waals surface area contributed by atoms with Gasteiger partial charge in [-0.1, -0.05) is 19.3 Å². The summed E-state index contributed by atoms with van der Waals surface area (Å²) in [7, 11) is 1.41. The molecule has 0 radical (unpaired) electrons. The highest BCUT2D eigenvalue weighted by atomic mass is 32.2. The number of hydrogen-bond donors (Lipinski definition) is 0. The number of rotatable bonds is 9. The van der Waals surface area contributed by atoms with Gasteiger partial charge in [0.15, 0.2) is 0 Å². The lowest BCUT2D eigenvalue weighted by Crippen LogP contribution is -2.15. The van der Waals surface area contributed by atoms with Gasteiger partial charge in [-0.25, -0.2) is 0 Å². The molecule has 0 spiro atoms. The van der Waals surface area contributed by atoms with Gasteiger partial charge in [0.2, 0.25) is 0 Å². The zero-order chi connectivity index (χ0) is 11.5. The van der Waals surface area contributed by atoms with Crippen molar-refractivity contribution in [1.82, 2.24) is 0 Å². The summed E-state index contributed by atoms with van der Waals surface area (Å²) in [5, 5.41) is -0.0687. The van der Waals surface area contributed by atoms with E-state index in [-0.39, 0.29) is 17.9 Å². The molecule has 1 unspecified atom stereocenters. The topological polar surface area (TPSA) is 26.3 Å². The Morgan fingerprint density at radius 1 is 1.27 bits per heavy atom. The van der Waals surface area contributed by atoms with E-state index in [2.05, 4.69) is 4.74 Å². The molecule has 0 aromatic heterocycles. The molecule has 0 bridgehead atoms. The monoisotopic (exact) mass is 236 g/mol. The standard InChI is InChI=1S/C11H21FO2S/c1-10(11(13)14-2)15-9-7-5-3-4-6-8-12/h10H,3-9H2,1-2H3. The van der Waals surface area contributed by atoms with Crippen LogP contribution in [0.5, 0.6) is 0 Å². The molecule has 0 fully saturated rings. The Kier molecular flexibility index (Phi) is 10.1. The maximum atomic E-state index is 11.7. The molecule has 0 rings (SSSR count). The highest BCUT2D eigenvalue weighted by Gasteiger charge is 2.12. The second kappa shape index (κ2) is 10.3. The molecule has 90 valence electrons. The quantitative estimate of drug-likeness (QED) is 0.454. The van der Waals surface area contributed by atoms with Crippen LogP contribution in [0.2, 0.25) is 0 Å². The number of alkyl halides is 1. The van der Waals surface area contributed by atoms with Crippen LogP contribution in [0.3, 0.4) is 0 Å². The number of carbonyl (C=O) groups excluding carboxylic acids is 1. The first-order chi connectivity index (χ1) is 7.22. The van der Waals surface area contributed by atoms with Crippen molar-refractivity contribution in [2.45, 2.75) is 44.3 Å². The highest BCUT2D eigenvalue weighted by Crippen LogP contribution is 2.15. The molecule has 0 amide bonds. The van der Waals surface area contributed by atoms with Crippen LogP contribution in [0, 0.1) is 0 Å². The van der Waals surface area contributed by atoms with Gasteiger partial charge in [0.25, 0.3) is 0 Å². The molecule has 1 atom stereocenters. The minimum atomic E-state index is -0.200. The number of unbranched alkanes of at least 4 members (excludes halogenated alkanes) is 4. The number of halogens is 1. The summed E-state index contributed by atoms with van der Waals surface area (Å²) in [5.41, 5.74) is 0. The lowest BCUT2D eigenvalue weighted by molar-refractivity contribution is -0.139. The van der Waals surface area contributed by atoms with E-state index >= 15 is 0 Å². The van der Waals surface area contributed by atoms with Crippen LogP contribution in [0.15, 0.2) is 0 Å². The van der Waals surface area contributed by atoms with Crippen LogP contribution in [-0.2, 0) is 9.53 Å². The zero-order valence-corrected chi connectivity index (χ0v) is 10.4. The molecule has 4 heteroatoms. The van der Waals surface area contributed by atoms with Crippen molar-refractivity contribution in [1.29, 1.82) is 0 Å². The van der Waals surface area contributed by atoms with Crippen LogP contribution in [-0.4, -0.2) is 30.8 Å². The maximum Gasteiger partial charge on any atom is 0.318 e. The lowest BCUT2D eigenvalue weighted by Gasteiger charge is -2.08. The van der Waals surface area contributed by atoms with Gasteiger partial charge in [0.1, 0.15) is 0 Å². The number of hydrogen-bond acceptors (Lipinski definition) is 3. The van der Waals surface area contributed by atoms with E-state index in [0.717, 1.165) is 31.4 Å². The maximum absolute atomic E-state index is 11.7.